The Hall–Kier alpha value is -0.860. The third-order valence-electron chi connectivity index (χ3n) is 3.77. The summed E-state index contributed by atoms with van der Waals surface area (Å²) in [6.07, 6.45) is 4.05. The number of carbonyl (C=O) groups excluding carboxylic acids is 1. The second kappa shape index (κ2) is 5.85. The monoisotopic (exact) mass is 265 g/mol. The molecular weight excluding hydrogens is 246 g/mol. The Morgan fingerprint density at radius 1 is 1.50 bits per heavy atom. The van der Waals surface area contributed by atoms with Crippen molar-refractivity contribution in [2.24, 2.45) is 5.41 Å². The predicted octanol–water partition coefficient (Wildman–Crippen LogP) is 3.69. The fraction of sp³-hybridized carbons (Fsp3) is 0.533. The highest BCUT2D eigenvalue weighted by Gasteiger charge is 2.38. The first kappa shape index (κ1) is 13.6. The van der Waals surface area contributed by atoms with Crippen molar-refractivity contribution in [3.05, 3.63) is 34.9 Å². The molecule has 1 heterocycles. The van der Waals surface area contributed by atoms with E-state index in [0.29, 0.717) is 5.02 Å². The number of hydrogen-bond donors (Lipinski definition) is 1. The van der Waals surface area contributed by atoms with Crippen LogP contribution < -0.4 is 5.32 Å². The molecule has 1 N–H and O–H groups in total. The zero-order chi connectivity index (χ0) is 13.0. The lowest BCUT2D eigenvalue weighted by molar-refractivity contribution is 0.0718. The summed E-state index contributed by atoms with van der Waals surface area (Å²) in [6.45, 7) is 3.96. The van der Waals surface area contributed by atoms with Crippen LogP contribution in [-0.4, -0.2) is 18.9 Å². The highest BCUT2D eigenvalue weighted by Crippen LogP contribution is 2.35. The van der Waals surface area contributed by atoms with E-state index in [1.807, 2.05) is 18.2 Å². The van der Waals surface area contributed by atoms with Gasteiger partial charge < -0.3 is 5.32 Å². The number of Topliss-reactive ketones (excluding diaryl/α,β-unsaturated/α-hetero) is 1. The molecule has 1 aromatic carbocycles. The number of rotatable bonds is 4. The highest BCUT2D eigenvalue weighted by molar-refractivity contribution is 6.31. The standard InChI is InChI=1S/C15H20ClNO/c1-2-7-15(8-4-9-17-11-15)14(18)12-5-3-6-13(16)10-12/h3,5-6,10,17H,2,4,7-9,11H2,1H3. The molecule has 2 nitrogen and oxygen atoms in total. The minimum absolute atomic E-state index is 0.225. The highest BCUT2D eigenvalue weighted by atomic mass is 35.5. The van der Waals surface area contributed by atoms with E-state index in [2.05, 4.69) is 12.2 Å². The van der Waals surface area contributed by atoms with Crippen molar-refractivity contribution < 1.29 is 4.79 Å². The van der Waals surface area contributed by atoms with Crippen LogP contribution in [0.5, 0.6) is 0 Å². The number of hydrogen-bond acceptors (Lipinski definition) is 2. The molecule has 1 atom stereocenters. The lowest BCUT2D eigenvalue weighted by atomic mass is 9.71. The van der Waals surface area contributed by atoms with Crippen molar-refractivity contribution in [3.63, 3.8) is 0 Å². The molecule has 0 saturated carbocycles. The van der Waals surface area contributed by atoms with Gasteiger partial charge >= 0.3 is 0 Å². The van der Waals surface area contributed by atoms with Crippen molar-refractivity contribution in [1.82, 2.24) is 5.32 Å². The molecule has 98 valence electrons. The van der Waals surface area contributed by atoms with Crippen molar-refractivity contribution >= 4 is 17.4 Å². The van der Waals surface area contributed by atoms with Crippen LogP contribution in [0.1, 0.15) is 43.0 Å². The number of nitrogens with one attached hydrogen (secondary N) is 1. The molecule has 18 heavy (non-hydrogen) atoms. The topological polar surface area (TPSA) is 29.1 Å². The minimum Gasteiger partial charge on any atom is -0.316 e. The summed E-state index contributed by atoms with van der Waals surface area (Å²) >= 11 is 5.98. The maximum absolute atomic E-state index is 12.8. The average Bonchev–Trinajstić information content (AvgIpc) is 2.39. The Labute approximate surface area is 114 Å². The molecule has 3 heteroatoms. The molecule has 1 aliphatic heterocycles. The molecule has 0 spiro atoms. The maximum Gasteiger partial charge on any atom is 0.170 e. The van der Waals surface area contributed by atoms with Gasteiger partial charge in [-0.15, -0.1) is 0 Å². The summed E-state index contributed by atoms with van der Waals surface area (Å²) in [5, 5.41) is 4.01. The summed E-state index contributed by atoms with van der Waals surface area (Å²) in [5.74, 6) is 0.249. The second-order valence-corrected chi connectivity index (χ2v) is 5.59. The molecule has 0 bridgehead atoms. The van der Waals surface area contributed by atoms with E-state index < -0.39 is 0 Å². The van der Waals surface area contributed by atoms with Gasteiger partial charge in [-0.05, 0) is 37.9 Å². The van der Waals surface area contributed by atoms with Gasteiger partial charge in [-0.2, -0.15) is 0 Å². The van der Waals surface area contributed by atoms with Gasteiger partial charge in [0.2, 0.25) is 0 Å². The predicted molar refractivity (Wildman–Crippen MR) is 75.2 cm³/mol. The minimum atomic E-state index is -0.225. The zero-order valence-corrected chi connectivity index (χ0v) is 11.6. The van der Waals surface area contributed by atoms with Crippen LogP contribution in [0.15, 0.2) is 24.3 Å². The number of piperidine rings is 1. The van der Waals surface area contributed by atoms with Crippen molar-refractivity contribution in [1.29, 1.82) is 0 Å². The number of benzene rings is 1. The number of halogens is 1. The SMILES string of the molecule is CCCC1(C(=O)c2cccc(Cl)c2)CCCNC1. The molecular formula is C15H20ClNO. The Morgan fingerprint density at radius 3 is 2.94 bits per heavy atom. The van der Waals surface area contributed by atoms with E-state index in [-0.39, 0.29) is 11.2 Å². The van der Waals surface area contributed by atoms with Crippen LogP contribution in [-0.2, 0) is 0 Å². The van der Waals surface area contributed by atoms with Gasteiger partial charge in [-0.1, -0.05) is 37.1 Å². The van der Waals surface area contributed by atoms with Crippen LogP contribution in [0.25, 0.3) is 0 Å². The molecule has 0 aromatic heterocycles. The molecule has 0 amide bonds. The molecule has 1 fully saturated rings. The lowest BCUT2D eigenvalue weighted by Crippen LogP contribution is -2.45. The third-order valence-corrected chi connectivity index (χ3v) is 4.00. The van der Waals surface area contributed by atoms with Crippen LogP contribution in [0.4, 0.5) is 0 Å². The van der Waals surface area contributed by atoms with Crippen LogP contribution in [0.3, 0.4) is 0 Å². The van der Waals surface area contributed by atoms with E-state index in [0.717, 1.165) is 44.3 Å². The Kier molecular flexibility index (Phi) is 4.41. The molecule has 0 aliphatic carbocycles. The molecule has 2 rings (SSSR count). The van der Waals surface area contributed by atoms with Gasteiger partial charge in [0, 0.05) is 22.5 Å². The largest absolute Gasteiger partial charge is 0.316 e. The van der Waals surface area contributed by atoms with Gasteiger partial charge in [0.1, 0.15) is 0 Å². The summed E-state index contributed by atoms with van der Waals surface area (Å²) in [6, 6.07) is 7.32. The normalized spacial score (nSPS) is 23.9. The fourth-order valence-electron chi connectivity index (χ4n) is 2.90. The maximum atomic E-state index is 12.8. The van der Waals surface area contributed by atoms with Crippen LogP contribution >= 0.6 is 11.6 Å². The van der Waals surface area contributed by atoms with Gasteiger partial charge in [-0.3, -0.25) is 4.79 Å². The van der Waals surface area contributed by atoms with E-state index in [4.69, 9.17) is 11.6 Å². The average molecular weight is 266 g/mol. The number of ketones is 1. The third kappa shape index (κ3) is 2.76. The van der Waals surface area contributed by atoms with E-state index >= 15 is 0 Å². The molecule has 1 aromatic rings. The second-order valence-electron chi connectivity index (χ2n) is 5.15. The van der Waals surface area contributed by atoms with Crippen molar-refractivity contribution in [2.75, 3.05) is 13.1 Å². The van der Waals surface area contributed by atoms with Crippen molar-refractivity contribution in [2.45, 2.75) is 32.6 Å². The summed E-state index contributed by atoms with van der Waals surface area (Å²) in [4.78, 5) is 12.8. The number of carbonyl (C=O) groups is 1. The van der Waals surface area contributed by atoms with Gasteiger partial charge in [0.15, 0.2) is 5.78 Å². The first-order valence-corrected chi connectivity index (χ1v) is 7.07. The summed E-state index contributed by atoms with van der Waals surface area (Å²) < 4.78 is 0. The fourth-order valence-corrected chi connectivity index (χ4v) is 3.09. The van der Waals surface area contributed by atoms with Crippen molar-refractivity contribution in [3.8, 4) is 0 Å². The van der Waals surface area contributed by atoms with Crippen LogP contribution in [0, 0.1) is 5.41 Å². The van der Waals surface area contributed by atoms with Gasteiger partial charge in [0.05, 0.1) is 0 Å². The Balaban J connectivity index is 2.28. The first-order chi connectivity index (χ1) is 8.68. The molecule has 1 saturated heterocycles. The first-order valence-electron chi connectivity index (χ1n) is 6.69. The zero-order valence-electron chi connectivity index (χ0n) is 10.8. The summed E-state index contributed by atoms with van der Waals surface area (Å²) in [5.41, 5.74) is 0.525. The lowest BCUT2D eigenvalue weighted by Gasteiger charge is -2.36. The van der Waals surface area contributed by atoms with Gasteiger partial charge in [0.25, 0.3) is 0 Å². The molecule has 1 unspecified atom stereocenters. The van der Waals surface area contributed by atoms with E-state index in [9.17, 15) is 4.79 Å². The molecule has 1 aliphatic rings. The van der Waals surface area contributed by atoms with Crippen LogP contribution in [0.2, 0.25) is 5.02 Å². The Morgan fingerprint density at radius 2 is 2.33 bits per heavy atom. The van der Waals surface area contributed by atoms with Gasteiger partial charge in [-0.25, -0.2) is 0 Å². The smallest absolute Gasteiger partial charge is 0.170 e. The Bertz CT molecular complexity index is 419. The molecule has 0 radical (unpaired) electrons. The van der Waals surface area contributed by atoms with E-state index in [1.54, 1.807) is 6.07 Å². The van der Waals surface area contributed by atoms with E-state index in [1.165, 1.54) is 0 Å². The summed E-state index contributed by atoms with van der Waals surface area (Å²) in [7, 11) is 0. The quantitative estimate of drug-likeness (QED) is 0.842.